The van der Waals surface area contributed by atoms with Crippen molar-refractivity contribution >= 4 is 5.97 Å². The second-order valence-corrected chi connectivity index (χ2v) is 28.8. The van der Waals surface area contributed by atoms with E-state index in [1.807, 2.05) is 0 Å². The number of carbonyl (C=O) groups is 1. The Kier molecular flexibility index (Phi) is 22.1. The normalized spacial score (nSPS) is 54.3. The zero-order valence-corrected chi connectivity index (χ0v) is 52.4. The fraction of sp³-hybridized carbons (Fsp3) is 0.951. The fourth-order valence-corrected chi connectivity index (χ4v) is 18.3. The SMILES string of the molecule is C=C1CC23CC[C@H]4[C@@](C)(CCC[C@@]4(C)C(=O)O[C@@H]4OC(COC[C@@H]5OC(CO)[C@@H](O)C(O)C5O)[C@@H](O)C(O)C4O[C@@H]4OC(CO)[C@@H](O)C(O)C4O)[C@@H]2CC[C@]1(OC[C@@H]1OC(CO)C2(OC[C@@H]4OC(CO)[C@@H](O)C(O)C4O)CC(C1O[C@@H]1OC(CO)[C@@H](O)C(O)C1O)[C@@H]2O)C3. The standard InChI is InChI=1S/C61H98O33/c1-23-11-59-9-5-33-57(2,7-4-8-58(33,3)56(82)94-55-51(93-54-49(80)46(77)39(70)28(16-65)90-54)47(78)42(73)30(91-55)19-83-18-29-40(71)43(74)36(67)25(13-62)86-29)34(59)6-10-60(23,22-59)84-21-32-50(92-53-48(79)45(76)38(69)27(15-64)89-53)24-12-61(52(24)81,35(17-66)88-32)85-20-31-41(72)44(75)37(68)26(14-63)87-31/h24-55,62-81H,1,4-22H2,2-3H3/t24?,25?,26?,27?,28?,29-,30?,31-,32-,33-,34-,35?,36+,37+,38+,39+,40?,41?,42+,43?,44?,45?,46?,47?,48?,49?,50?,51?,52-,53-,54-,55-,57+,58+,59?,60-,61?/m0/s1. The van der Waals surface area contributed by atoms with Gasteiger partial charge in [0.05, 0.1) is 82.7 Å². The summed E-state index contributed by atoms with van der Waals surface area (Å²) in [5.74, 6) is -2.08. The number of aliphatic hydroxyl groups is 20. The van der Waals surface area contributed by atoms with E-state index >= 15 is 4.79 Å². The first-order valence-corrected chi connectivity index (χ1v) is 32.8. The van der Waals surface area contributed by atoms with Crippen LogP contribution in [0.3, 0.4) is 0 Å². The third-order valence-electron chi connectivity index (χ3n) is 23.6. The highest BCUT2D eigenvalue weighted by atomic mass is 16.8. The molecule has 540 valence electrons. The zero-order chi connectivity index (χ0) is 68.1. The molecule has 20 N–H and O–H groups in total. The van der Waals surface area contributed by atoms with E-state index in [0.717, 1.165) is 5.57 Å². The van der Waals surface area contributed by atoms with Crippen LogP contribution >= 0.6 is 0 Å². The minimum Gasteiger partial charge on any atom is -0.432 e. The summed E-state index contributed by atoms with van der Waals surface area (Å²) in [6.07, 6.45) is -42.8. The third-order valence-corrected chi connectivity index (χ3v) is 23.6. The van der Waals surface area contributed by atoms with Gasteiger partial charge in [-0.15, -0.1) is 0 Å². The summed E-state index contributed by atoms with van der Waals surface area (Å²) >= 11 is 0. The largest absolute Gasteiger partial charge is 0.432 e. The lowest BCUT2D eigenvalue weighted by molar-refractivity contribution is -0.364. The van der Waals surface area contributed by atoms with Crippen LogP contribution in [0.15, 0.2) is 12.2 Å². The first kappa shape index (κ1) is 73.2. The van der Waals surface area contributed by atoms with Crippen molar-refractivity contribution in [2.75, 3.05) is 59.5 Å². The van der Waals surface area contributed by atoms with Crippen molar-refractivity contribution in [1.82, 2.24) is 0 Å². The van der Waals surface area contributed by atoms with Crippen molar-refractivity contribution in [3.8, 4) is 0 Å². The number of hydrogen-bond acceptors (Lipinski definition) is 33. The zero-order valence-electron chi connectivity index (χ0n) is 52.4. The van der Waals surface area contributed by atoms with E-state index in [1.165, 1.54) is 0 Å². The van der Waals surface area contributed by atoms with Crippen LogP contribution in [0.25, 0.3) is 0 Å². The lowest BCUT2D eigenvalue weighted by Crippen LogP contribution is -2.69. The number of aliphatic hydroxyl groups excluding tert-OH is 20. The van der Waals surface area contributed by atoms with Gasteiger partial charge >= 0.3 is 5.97 Å². The van der Waals surface area contributed by atoms with Gasteiger partial charge in [-0.2, -0.15) is 0 Å². The van der Waals surface area contributed by atoms with Gasteiger partial charge in [0.2, 0.25) is 6.29 Å². The highest BCUT2D eigenvalue weighted by Gasteiger charge is 2.71. The summed E-state index contributed by atoms with van der Waals surface area (Å²) in [5.41, 5.74) is -4.15. The first-order valence-electron chi connectivity index (χ1n) is 32.8. The number of fused-ring (bicyclic) bond motifs is 6. The molecule has 0 aromatic carbocycles. The first-order chi connectivity index (χ1) is 44.5. The Labute approximate surface area is 540 Å². The van der Waals surface area contributed by atoms with E-state index in [-0.39, 0.29) is 24.9 Å². The minimum atomic E-state index is -2.01. The van der Waals surface area contributed by atoms with Gasteiger partial charge in [-0.3, -0.25) is 4.79 Å². The van der Waals surface area contributed by atoms with Crippen molar-refractivity contribution < 1.29 is 164 Å². The molecule has 7 aliphatic heterocycles. The highest BCUT2D eigenvalue weighted by molar-refractivity contribution is 5.77. The Morgan fingerprint density at radius 2 is 0.947 bits per heavy atom. The summed E-state index contributed by atoms with van der Waals surface area (Å²) in [4.78, 5) is 15.3. The van der Waals surface area contributed by atoms with Crippen molar-refractivity contribution in [1.29, 1.82) is 0 Å². The molecule has 0 aromatic heterocycles. The van der Waals surface area contributed by atoms with Crippen molar-refractivity contribution in [3.63, 3.8) is 0 Å². The molecule has 94 heavy (non-hydrogen) atoms. The average molecular weight is 1360 g/mol. The maximum Gasteiger partial charge on any atom is 0.314 e. The van der Waals surface area contributed by atoms with E-state index in [9.17, 15) is 102 Å². The van der Waals surface area contributed by atoms with E-state index in [2.05, 4.69) is 13.5 Å². The summed E-state index contributed by atoms with van der Waals surface area (Å²) < 4.78 is 73.4. The summed E-state index contributed by atoms with van der Waals surface area (Å²) in [5, 5.41) is 214. The lowest BCUT2D eigenvalue weighted by Gasteiger charge is -2.64. The second kappa shape index (κ2) is 28.4. The fourth-order valence-electron chi connectivity index (χ4n) is 18.3. The van der Waals surface area contributed by atoms with Crippen LogP contribution in [0, 0.1) is 34.0 Å². The average Bonchev–Trinajstić information content (AvgIpc) is 1.43. The summed E-state index contributed by atoms with van der Waals surface area (Å²) in [7, 11) is 0. The molecule has 0 amide bonds. The minimum absolute atomic E-state index is 0.0317. The molecule has 5 saturated carbocycles. The maximum absolute atomic E-state index is 15.3. The van der Waals surface area contributed by atoms with Crippen LogP contribution in [0.2, 0.25) is 0 Å². The quantitative estimate of drug-likeness (QED) is 0.0375. The molecule has 12 fully saturated rings. The van der Waals surface area contributed by atoms with Crippen LogP contribution in [-0.4, -0.2) is 356 Å². The molecule has 0 radical (unpaired) electrons. The van der Waals surface area contributed by atoms with Crippen LogP contribution in [0.1, 0.15) is 78.1 Å². The van der Waals surface area contributed by atoms with Gasteiger partial charge in [-0.25, -0.2) is 0 Å². The molecule has 37 atom stereocenters. The van der Waals surface area contributed by atoms with Crippen molar-refractivity contribution in [2.24, 2.45) is 34.0 Å². The molecule has 7 saturated heterocycles. The molecule has 33 nitrogen and oxygen atoms in total. The molecule has 12 aliphatic rings. The number of esters is 1. The molecule has 7 heterocycles. The molecule has 5 aliphatic carbocycles. The predicted octanol–water partition coefficient (Wildman–Crippen LogP) is -8.95. The molecular weight excluding hydrogens is 1260 g/mol. The Bertz CT molecular complexity index is 2570. The topological polar surface area (TPSA) is 532 Å². The maximum atomic E-state index is 15.3. The van der Waals surface area contributed by atoms with Gasteiger partial charge in [0.15, 0.2) is 18.7 Å². The van der Waals surface area contributed by atoms with Crippen molar-refractivity contribution in [3.05, 3.63) is 12.2 Å². The van der Waals surface area contributed by atoms with Gasteiger partial charge in [-0.1, -0.05) is 19.9 Å². The highest BCUT2D eigenvalue weighted by Crippen LogP contribution is 2.74. The van der Waals surface area contributed by atoms with E-state index in [4.69, 9.17) is 56.8 Å². The van der Waals surface area contributed by atoms with Gasteiger partial charge in [-0.05, 0) is 93.0 Å². The van der Waals surface area contributed by atoms with Crippen LogP contribution in [0.4, 0.5) is 0 Å². The Morgan fingerprint density at radius 3 is 1.49 bits per heavy atom. The van der Waals surface area contributed by atoms with Gasteiger partial charge in [0.25, 0.3) is 0 Å². The van der Waals surface area contributed by atoms with Gasteiger partial charge in [0.1, 0.15) is 146 Å². The van der Waals surface area contributed by atoms with Gasteiger partial charge in [0, 0.05) is 5.92 Å². The second-order valence-electron chi connectivity index (χ2n) is 28.8. The van der Waals surface area contributed by atoms with Crippen LogP contribution < -0.4 is 0 Å². The molecule has 4 bridgehead atoms. The summed E-state index contributed by atoms with van der Waals surface area (Å²) in [6.45, 7) is 2.89. The lowest BCUT2D eigenvalue weighted by atomic mass is 9.41. The molecular formula is C61H98O33. The Balaban J connectivity index is 0.808. The number of rotatable bonds is 21. The molecule has 12 rings (SSSR count). The molecule has 20 unspecified atom stereocenters. The van der Waals surface area contributed by atoms with E-state index < -0.39 is 270 Å². The molecule has 0 aromatic rings. The molecule has 33 heteroatoms. The summed E-state index contributed by atoms with van der Waals surface area (Å²) in [6, 6.07) is 0. The number of ether oxygens (including phenoxy) is 12. The Hall–Kier alpha value is -2.03. The monoisotopic (exact) mass is 1360 g/mol. The molecule has 1 spiro atoms. The Morgan fingerprint density at radius 1 is 0.479 bits per heavy atom. The van der Waals surface area contributed by atoms with Crippen LogP contribution in [0.5, 0.6) is 0 Å². The number of hydrogen-bond donors (Lipinski definition) is 20. The smallest absolute Gasteiger partial charge is 0.314 e. The van der Waals surface area contributed by atoms with E-state index in [0.29, 0.717) is 57.8 Å². The third kappa shape index (κ3) is 12.6. The van der Waals surface area contributed by atoms with Gasteiger partial charge < -0.3 is 159 Å². The van der Waals surface area contributed by atoms with Crippen LogP contribution in [-0.2, 0) is 61.6 Å². The predicted molar refractivity (Wildman–Crippen MR) is 306 cm³/mol. The van der Waals surface area contributed by atoms with E-state index in [1.54, 1.807) is 6.92 Å². The number of carbonyl (C=O) groups excluding carboxylic acids is 1. The van der Waals surface area contributed by atoms with Crippen molar-refractivity contribution in [2.45, 2.75) is 267 Å².